The van der Waals surface area contributed by atoms with E-state index in [1.54, 1.807) is 18.2 Å². The Morgan fingerprint density at radius 3 is 2.77 bits per heavy atom. The van der Waals surface area contributed by atoms with Crippen LogP contribution >= 0.6 is 0 Å². The van der Waals surface area contributed by atoms with Gasteiger partial charge < -0.3 is 20.2 Å². The van der Waals surface area contributed by atoms with Crippen LogP contribution in [0.5, 0.6) is 0 Å². The van der Waals surface area contributed by atoms with Crippen LogP contribution in [0.4, 0.5) is 11.4 Å². The summed E-state index contributed by atoms with van der Waals surface area (Å²) in [6.07, 6.45) is 0.782. The standard InChI is InChI=1S/C18H20N4O4/c23-11-10-19-8-3-9-20-14-7-6-13(12-16(14)22(24)25)18-21-15-4-1-2-5-17(15)26-18/h1-2,4-7,12,19-20,23H,3,8-11H2. The zero-order valence-corrected chi connectivity index (χ0v) is 14.1. The molecule has 0 aliphatic carbocycles. The number of oxazole rings is 1. The monoisotopic (exact) mass is 356 g/mol. The molecular formula is C18H20N4O4. The van der Waals surface area contributed by atoms with Crippen LogP contribution in [0.1, 0.15) is 6.42 Å². The molecule has 0 fully saturated rings. The number of fused-ring (bicyclic) bond motifs is 1. The first-order valence-electron chi connectivity index (χ1n) is 8.39. The minimum absolute atomic E-state index is 0.0203. The van der Waals surface area contributed by atoms with Crippen molar-refractivity contribution >= 4 is 22.5 Å². The summed E-state index contributed by atoms with van der Waals surface area (Å²) in [5.74, 6) is 0.356. The molecule has 1 heterocycles. The van der Waals surface area contributed by atoms with Gasteiger partial charge in [-0.25, -0.2) is 4.98 Å². The number of hydrogen-bond acceptors (Lipinski definition) is 7. The molecule has 0 radical (unpaired) electrons. The Kier molecular flexibility index (Phi) is 5.77. The molecule has 0 spiro atoms. The van der Waals surface area contributed by atoms with Gasteiger partial charge in [-0.1, -0.05) is 12.1 Å². The van der Waals surface area contributed by atoms with Crippen LogP contribution in [0.3, 0.4) is 0 Å². The Labute approximate surface area is 150 Å². The molecule has 0 bridgehead atoms. The zero-order valence-electron chi connectivity index (χ0n) is 14.1. The fourth-order valence-corrected chi connectivity index (χ4v) is 2.60. The van der Waals surface area contributed by atoms with Crippen molar-refractivity contribution in [1.82, 2.24) is 10.3 Å². The van der Waals surface area contributed by atoms with Gasteiger partial charge in [0.2, 0.25) is 5.89 Å². The van der Waals surface area contributed by atoms with Crippen LogP contribution in [-0.4, -0.2) is 41.3 Å². The number of hydrogen-bond donors (Lipinski definition) is 3. The molecule has 136 valence electrons. The maximum absolute atomic E-state index is 11.4. The first-order chi connectivity index (χ1) is 12.7. The van der Waals surface area contributed by atoms with E-state index in [4.69, 9.17) is 9.52 Å². The van der Waals surface area contributed by atoms with Gasteiger partial charge in [-0.15, -0.1) is 0 Å². The Bertz CT molecular complexity index is 861. The van der Waals surface area contributed by atoms with Gasteiger partial charge in [0.15, 0.2) is 5.58 Å². The molecule has 0 saturated heterocycles. The largest absolute Gasteiger partial charge is 0.436 e. The van der Waals surface area contributed by atoms with Crippen molar-refractivity contribution in [2.75, 3.05) is 31.6 Å². The number of nitro groups is 1. The maximum Gasteiger partial charge on any atom is 0.293 e. The van der Waals surface area contributed by atoms with E-state index in [1.807, 2.05) is 18.2 Å². The van der Waals surface area contributed by atoms with E-state index >= 15 is 0 Å². The molecule has 0 amide bonds. The summed E-state index contributed by atoms with van der Waals surface area (Å²) < 4.78 is 5.68. The molecule has 0 saturated carbocycles. The van der Waals surface area contributed by atoms with Crippen LogP contribution in [0, 0.1) is 10.1 Å². The third kappa shape index (κ3) is 4.16. The van der Waals surface area contributed by atoms with Crippen molar-refractivity contribution in [3.8, 4) is 11.5 Å². The van der Waals surface area contributed by atoms with Gasteiger partial charge in [0.25, 0.3) is 5.69 Å². The zero-order chi connectivity index (χ0) is 18.4. The lowest BCUT2D eigenvalue weighted by Gasteiger charge is -2.08. The van der Waals surface area contributed by atoms with Gasteiger partial charge >= 0.3 is 0 Å². The lowest BCUT2D eigenvalue weighted by molar-refractivity contribution is -0.383. The van der Waals surface area contributed by atoms with Gasteiger partial charge in [-0.3, -0.25) is 10.1 Å². The summed E-state index contributed by atoms with van der Waals surface area (Å²) in [4.78, 5) is 15.4. The van der Waals surface area contributed by atoms with Crippen molar-refractivity contribution < 1.29 is 14.4 Å². The van der Waals surface area contributed by atoms with E-state index in [-0.39, 0.29) is 12.3 Å². The van der Waals surface area contributed by atoms with Gasteiger partial charge in [0.05, 0.1) is 11.5 Å². The Hall–Kier alpha value is -2.97. The molecule has 0 unspecified atom stereocenters. The van der Waals surface area contributed by atoms with E-state index in [1.165, 1.54) is 6.07 Å². The third-order valence-corrected chi connectivity index (χ3v) is 3.87. The normalized spacial score (nSPS) is 11.0. The predicted octanol–water partition coefficient (Wildman–Crippen LogP) is 2.79. The molecule has 3 N–H and O–H groups in total. The van der Waals surface area contributed by atoms with Crippen molar-refractivity contribution in [2.45, 2.75) is 6.42 Å². The van der Waals surface area contributed by atoms with E-state index in [0.717, 1.165) is 13.0 Å². The van der Waals surface area contributed by atoms with Crippen LogP contribution in [0.2, 0.25) is 0 Å². The number of anilines is 1. The fraction of sp³-hybridized carbons (Fsp3) is 0.278. The van der Waals surface area contributed by atoms with Gasteiger partial charge in [0.1, 0.15) is 11.2 Å². The molecule has 26 heavy (non-hydrogen) atoms. The molecule has 2 aromatic carbocycles. The lowest BCUT2D eigenvalue weighted by Crippen LogP contribution is -2.21. The SMILES string of the molecule is O=[N+]([O-])c1cc(-c2nc3ccccc3o2)ccc1NCCCNCCO. The Morgan fingerprint density at radius 1 is 1.15 bits per heavy atom. The second kappa shape index (κ2) is 8.41. The maximum atomic E-state index is 11.4. The van der Waals surface area contributed by atoms with E-state index in [2.05, 4.69) is 15.6 Å². The minimum atomic E-state index is -0.418. The molecule has 0 atom stereocenters. The molecule has 0 aliphatic rings. The van der Waals surface area contributed by atoms with Gasteiger partial charge in [-0.05, 0) is 37.2 Å². The summed E-state index contributed by atoms with van der Waals surface area (Å²) >= 11 is 0. The first kappa shape index (κ1) is 17.8. The highest BCUT2D eigenvalue weighted by atomic mass is 16.6. The first-order valence-corrected chi connectivity index (χ1v) is 8.39. The summed E-state index contributed by atoms with van der Waals surface area (Å²) in [6.45, 7) is 1.94. The average Bonchev–Trinajstić information content (AvgIpc) is 3.08. The van der Waals surface area contributed by atoms with Crippen LogP contribution in [0.15, 0.2) is 46.9 Å². The van der Waals surface area contributed by atoms with E-state index < -0.39 is 4.92 Å². The van der Waals surface area contributed by atoms with Crippen molar-refractivity contribution in [3.05, 3.63) is 52.6 Å². The molecule has 8 nitrogen and oxygen atoms in total. The minimum Gasteiger partial charge on any atom is -0.436 e. The number of nitrogens with zero attached hydrogens (tertiary/aromatic N) is 2. The van der Waals surface area contributed by atoms with Crippen LogP contribution in [-0.2, 0) is 0 Å². The second-order valence-corrected chi connectivity index (χ2v) is 5.73. The number of benzene rings is 2. The Balaban J connectivity index is 1.75. The molecule has 1 aromatic heterocycles. The predicted molar refractivity (Wildman–Crippen MR) is 99.2 cm³/mol. The van der Waals surface area contributed by atoms with Crippen molar-refractivity contribution in [3.63, 3.8) is 0 Å². The number of rotatable bonds is 9. The number of aliphatic hydroxyl groups excluding tert-OH is 1. The second-order valence-electron chi connectivity index (χ2n) is 5.73. The van der Waals surface area contributed by atoms with E-state index in [0.29, 0.717) is 41.3 Å². The van der Waals surface area contributed by atoms with Crippen LogP contribution < -0.4 is 10.6 Å². The van der Waals surface area contributed by atoms with Crippen LogP contribution in [0.25, 0.3) is 22.6 Å². The summed E-state index contributed by atoms with van der Waals surface area (Å²) in [5, 5.41) is 26.3. The van der Waals surface area contributed by atoms with Crippen molar-refractivity contribution in [2.24, 2.45) is 0 Å². The molecule has 0 aliphatic heterocycles. The molecule has 3 aromatic rings. The fourth-order valence-electron chi connectivity index (χ4n) is 2.60. The molecular weight excluding hydrogens is 336 g/mol. The van der Waals surface area contributed by atoms with Gasteiger partial charge in [0, 0.05) is 24.7 Å². The topological polar surface area (TPSA) is 113 Å². The summed E-state index contributed by atoms with van der Waals surface area (Å²) in [5.41, 5.74) is 2.35. The quantitative estimate of drug-likeness (QED) is 0.307. The number of nitrogens with one attached hydrogen (secondary N) is 2. The lowest BCUT2D eigenvalue weighted by atomic mass is 10.1. The third-order valence-electron chi connectivity index (χ3n) is 3.87. The van der Waals surface area contributed by atoms with Gasteiger partial charge in [-0.2, -0.15) is 0 Å². The highest BCUT2D eigenvalue weighted by Crippen LogP contribution is 2.31. The van der Waals surface area contributed by atoms with Crippen molar-refractivity contribution in [1.29, 1.82) is 0 Å². The van der Waals surface area contributed by atoms with E-state index in [9.17, 15) is 10.1 Å². The highest BCUT2D eigenvalue weighted by molar-refractivity contribution is 5.77. The number of aromatic nitrogens is 1. The number of nitro benzene ring substituents is 1. The Morgan fingerprint density at radius 2 is 2.00 bits per heavy atom. The summed E-state index contributed by atoms with van der Waals surface area (Å²) in [6, 6.07) is 12.2. The highest BCUT2D eigenvalue weighted by Gasteiger charge is 2.17. The average molecular weight is 356 g/mol. The number of aliphatic hydroxyl groups is 1. The number of para-hydroxylation sites is 2. The smallest absolute Gasteiger partial charge is 0.293 e. The molecule has 8 heteroatoms. The summed E-state index contributed by atoms with van der Waals surface area (Å²) in [7, 11) is 0. The molecule has 3 rings (SSSR count).